The highest BCUT2D eigenvalue weighted by Crippen LogP contribution is 2.02. The Balaban J connectivity index is 2.27. The SMILES string of the molecule is NC(=O)NCCC[C@H](N)C(=O)Nc1ccccn1. The van der Waals surface area contributed by atoms with Gasteiger partial charge in [0.05, 0.1) is 6.04 Å². The van der Waals surface area contributed by atoms with Crippen LogP contribution in [0.25, 0.3) is 0 Å². The van der Waals surface area contributed by atoms with E-state index in [1.807, 2.05) is 0 Å². The molecule has 1 aromatic rings. The lowest BCUT2D eigenvalue weighted by atomic mass is 10.1. The molecule has 1 rings (SSSR count). The molecule has 0 fully saturated rings. The average molecular weight is 251 g/mol. The summed E-state index contributed by atoms with van der Waals surface area (Å²) in [6.07, 6.45) is 2.62. The molecule has 1 aromatic heterocycles. The minimum atomic E-state index is -0.637. The van der Waals surface area contributed by atoms with Crippen LogP contribution in [0.5, 0.6) is 0 Å². The topological polar surface area (TPSA) is 123 Å². The highest BCUT2D eigenvalue weighted by Gasteiger charge is 2.13. The molecule has 0 spiro atoms. The molecule has 3 amide bonds. The number of hydrogen-bond donors (Lipinski definition) is 4. The largest absolute Gasteiger partial charge is 0.352 e. The van der Waals surface area contributed by atoms with E-state index < -0.39 is 12.1 Å². The van der Waals surface area contributed by atoms with Gasteiger partial charge in [-0.15, -0.1) is 0 Å². The van der Waals surface area contributed by atoms with E-state index in [1.54, 1.807) is 24.4 Å². The number of carbonyl (C=O) groups excluding carboxylic acids is 2. The number of hydrogen-bond acceptors (Lipinski definition) is 4. The van der Waals surface area contributed by atoms with Crippen molar-refractivity contribution in [3.05, 3.63) is 24.4 Å². The Hall–Kier alpha value is -2.15. The summed E-state index contributed by atoms with van der Waals surface area (Å²) in [6, 6.07) is 3.98. The molecule has 7 nitrogen and oxygen atoms in total. The molecule has 0 saturated heterocycles. The lowest BCUT2D eigenvalue weighted by Crippen LogP contribution is -2.37. The Morgan fingerprint density at radius 3 is 2.78 bits per heavy atom. The molecule has 1 atom stereocenters. The number of aromatic nitrogens is 1. The van der Waals surface area contributed by atoms with Gasteiger partial charge in [0, 0.05) is 12.7 Å². The fourth-order valence-corrected chi connectivity index (χ4v) is 1.32. The second-order valence-corrected chi connectivity index (χ2v) is 3.74. The number of amides is 3. The molecule has 0 bridgehead atoms. The fourth-order valence-electron chi connectivity index (χ4n) is 1.32. The summed E-state index contributed by atoms with van der Waals surface area (Å²) >= 11 is 0. The van der Waals surface area contributed by atoms with Gasteiger partial charge < -0.3 is 22.1 Å². The molecule has 0 radical (unpaired) electrons. The Morgan fingerprint density at radius 1 is 1.39 bits per heavy atom. The van der Waals surface area contributed by atoms with Crippen molar-refractivity contribution in [2.75, 3.05) is 11.9 Å². The standard InChI is InChI=1S/C11H17N5O2/c12-8(4-3-7-15-11(13)18)10(17)16-9-5-1-2-6-14-9/h1-2,5-6,8H,3-4,7,12H2,(H3,13,15,18)(H,14,16,17)/t8-/m0/s1. The number of anilines is 1. The number of pyridine rings is 1. The van der Waals surface area contributed by atoms with Crippen molar-refractivity contribution in [1.29, 1.82) is 0 Å². The van der Waals surface area contributed by atoms with Crippen molar-refractivity contribution >= 4 is 17.8 Å². The third kappa shape index (κ3) is 5.26. The summed E-state index contributed by atoms with van der Waals surface area (Å²) in [6.45, 7) is 0.403. The summed E-state index contributed by atoms with van der Waals surface area (Å²) in [7, 11) is 0. The molecule has 0 unspecified atom stereocenters. The van der Waals surface area contributed by atoms with Gasteiger partial charge in [-0.05, 0) is 25.0 Å². The average Bonchev–Trinajstić information content (AvgIpc) is 2.35. The predicted octanol–water partition coefficient (Wildman–Crippen LogP) is -0.204. The fraction of sp³-hybridized carbons (Fsp3) is 0.364. The molecule has 0 aliphatic rings. The molecule has 7 heteroatoms. The molecule has 0 aromatic carbocycles. The Kier molecular flexibility index (Phi) is 5.59. The van der Waals surface area contributed by atoms with Gasteiger partial charge >= 0.3 is 6.03 Å². The number of nitrogens with two attached hydrogens (primary N) is 2. The van der Waals surface area contributed by atoms with E-state index in [2.05, 4.69) is 15.6 Å². The highest BCUT2D eigenvalue weighted by molar-refractivity contribution is 5.93. The summed E-state index contributed by atoms with van der Waals surface area (Å²) in [4.78, 5) is 26.0. The molecule has 0 aliphatic carbocycles. The maximum atomic E-state index is 11.7. The number of urea groups is 1. The third-order valence-corrected chi connectivity index (χ3v) is 2.24. The zero-order valence-corrected chi connectivity index (χ0v) is 9.93. The summed E-state index contributed by atoms with van der Waals surface area (Å²) in [5.41, 5.74) is 10.6. The van der Waals surface area contributed by atoms with E-state index in [-0.39, 0.29) is 5.91 Å². The monoisotopic (exact) mass is 251 g/mol. The maximum absolute atomic E-state index is 11.7. The van der Waals surface area contributed by atoms with Crippen LogP contribution in [0.2, 0.25) is 0 Å². The van der Waals surface area contributed by atoms with Gasteiger partial charge in [0.1, 0.15) is 5.82 Å². The van der Waals surface area contributed by atoms with Crippen LogP contribution in [0.4, 0.5) is 10.6 Å². The first-order valence-electron chi connectivity index (χ1n) is 5.60. The van der Waals surface area contributed by atoms with E-state index in [4.69, 9.17) is 11.5 Å². The highest BCUT2D eigenvalue weighted by atomic mass is 16.2. The Morgan fingerprint density at radius 2 is 2.17 bits per heavy atom. The molecule has 98 valence electrons. The number of nitrogens with one attached hydrogen (secondary N) is 2. The van der Waals surface area contributed by atoms with Crippen molar-refractivity contribution < 1.29 is 9.59 Å². The van der Waals surface area contributed by atoms with Crippen LogP contribution >= 0.6 is 0 Å². The van der Waals surface area contributed by atoms with Crippen LogP contribution in [0, 0.1) is 0 Å². The van der Waals surface area contributed by atoms with Gasteiger partial charge in [0.25, 0.3) is 0 Å². The first kappa shape index (κ1) is 13.9. The molecule has 6 N–H and O–H groups in total. The number of carbonyl (C=O) groups is 2. The molecule has 0 saturated carbocycles. The van der Waals surface area contributed by atoms with E-state index in [9.17, 15) is 9.59 Å². The zero-order valence-electron chi connectivity index (χ0n) is 9.93. The van der Waals surface area contributed by atoms with Crippen LogP contribution < -0.4 is 22.1 Å². The maximum Gasteiger partial charge on any atom is 0.312 e. The Labute approximate surface area is 105 Å². The van der Waals surface area contributed by atoms with Crippen LogP contribution in [0.15, 0.2) is 24.4 Å². The molecular weight excluding hydrogens is 234 g/mol. The van der Waals surface area contributed by atoms with E-state index in [0.29, 0.717) is 25.2 Å². The second kappa shape index (κ2) is 7.23. The summed E-state index contributed by atoms with van der Waals surface area (Å²) < 4.78 is 0. The van der Waals surface area contributed by atoms with Crippen molar-refractivity contribution in [2.24, 2.45) is 11.5 Å². The molecule has 0 aliphatic heterocycles. The van der Waals surface area contributed by atoms with Gasteiger partial charge in [0.15, 0.2) is 0 Å². The van der Waals surface area contributed by atoms with Crippen molar-refractivity contribution in [3.8, 4) is 0 Å². The van der Waals surface area contributed by atoms with Gasteiger partial charge in [0.2, 0.25) is 5.91 Å². The van der Waals surface area contributed by atoms with Crippen LogP contribution in [0.1, 0.15) is 12.8 Å². The number of nitrogens with zero attached hydrogens (tertiary/aromatic N) is 1. The van der Waals surface area contributed by atoms with Crippen LogP contribution in [-0.4, -0.2) is 29.5 Å². The van der Waals surface area contributed by atoms with Crippen LogP contribution in [0.3, 0.4) is 0 Å². The first-order valence-corrected chi connectivity index (χ1v) is 5.60. The molecule has 18 heavy (non-hydrogen) atoms. The predicted molar refractivity (Wildman–Crippen MR) is 67.7 cm³/mol. The van der Waals surface area contributed by atoms with Gasteiger partial charge in [-0.3, -0.25) is 4.79 Å². The van der Waals surface area contributed by atoms with Gasteiger partial charge in [-0.1, -0.05) is 6.07 Å². The van der Waals surface area contributed by atoms with E-state index in [1.165, 1.54) is 0 Å². The normalized spacial score (nSPS) is 11.6. The minimum Gasteiger partial charge on any atom is -0.352 e. The van der Waals surface area contributed by atoms with E-state index in [0.717, 1.165) is 0 Å². The third-order valence-electron chi connectivity index (χ3n) is 2.24. The van der Waals surface area contributed by atoms with Crippen molar-refractivity contribution in [1.82, 2.24) is 10.3 Å². The molecule has 1 heterocycles. The minimum absolute atomic E-state index is 0.298. The smallest absolute Gasteiger partial charge is 0.312 e. The zero-order chi connectivity index (χ0) is 13.4. The van der Waals surface area contributed by atoms with Crippen molar-refractivity contribution in [2.45, 2.75) is 18.9 Å². The quantitative estimate of drug-likeness (QED) is 0.522. The summed E-state index contributed by atoms with van der Waals surface area (Å²) in [5, 5.41) is 5.03. The Bertz CT molecular complexity index is 396. The first-order chi connectivity index (χ1) is 8.59. The number of primary amides is 1. The van der Waals surface area contributed by atoms with E-state index >= 15 is 0 Å². The molecular formula is C11H17N5O2. The lowest BCUT2D eigenvalue weighted by molar-refractivity contribution is -0.117. The summed E-state index contributed by atoms with van der Waals surface area (Å²) in [5.74, 6) is 0.168. The van der Waals surface area contributed by atoms with Crippen LogP contribution in [-0.2, 0) is 4.79 Å². The van der Waals surface area contributed by atoms with Gasteiger partial charge in [-0.25, -0.2) is 9.78 Å². The van der Waals surface area contributed by atoms with Gasteiger partial charge in [-0.2, -0.15) is 0 Å². The second-order valence-electron chi connectivity index (χ2n) is 3.74. The number of rotatable bonds is 6. The van der Waals surface area contributed by atoms with Crippen molar-refractivity contribution in [3.63, 3.8) is 0 Å². The lowest BCUT2D eigenvalue weighted by Gasteiger charge is -2.11.